The molecule has 0 radical (unpaired) electrons. The van der Waals surface area contributed by atoms with Crippen LogP contribution in [0, 0.1) is 0 Å². The Labute approximate surface area is 158 Å². The van der Waals surface area contributed by atoms with Gasteiger partial charge in [0.05, 0.1) is 0 Å². The zero-order valence-corrected chi connectivity index (χ0v) is 14.7. The summed E-state index contributed by atoms with van der Waals surface area (Å²) in [4.78, 5) is 27.0. The van der Waals surface area contributed by atoms with Crippen LogP contribution in [0.4, 0.5) is 24.7 Å². The van der Waals surface area contributed by atoms with E-state index in [1.54, 1.807) is 6.20 Å². The molecule has 0 aliphatic carbocycles. The molecule has 1 aliphatic heterocycles. The van der Waals surface area contributed by atoms with E-state index in [-0.39, 0.29) is 11.9 Å². The molecule has 2 heterocycles. The zero-order chi connectivity index (χ0) is 20.9. The third-order valence-corrected chi connectivity index (χ3v) is 3.96. The number of amides is 1. The molecule has 1 atom stereocenters. The van der Waals surface area contributed by atoms with Gasteiger partial charge in [0.2, 0.25) is 5.91 Å². The molecule has 0 spiro atoms. The summed E-state index contributed by atoms with van der Waals surface area (Å²) >= 11 is 0. The van der Waals surface area contributed by atoms with Crippen LogP contribution in [-0.2, 0) is 9.59 Å². The number of fused-ring (bicyclic) bond motifs is 1. The Bertz CT molecular complexity index is 886. The van der Waals surface area contributed by atoms with Gasteiger partial charge in [-0.25, -0.2) is 9.78 Å². The SMILES string of the molecule is C=CC(=O)Nc1ccc2c(N3CC[C@@H](N)C3)nccc2c1.O=C(O)C(F)(F)F. The van der Waals surface area contributed by atoms with E-state index in [1.807, 2.05) is 24.3 Å². The van der Waals surface area contributed by atoms with Crippen molar-refractivity contribution < 1.29 is 27.9 Å². The van der Waals surface area contributed by atoms with Crippen molar-refractivity contribution in [1.82, 2.24) is 4.98 Å². The third kappa shape index (κ3) is 5.43. The zero-order valence-electron chi connectivity index (χ0n) is 14.7. The molecule has 7 nitrogen and oxygen atoms in total. The summed E-state index contributed by atoms with van der Waals surface area (Å²) < 4.78 is 31.7. The van der Waals surface area contributed by atoms with E-state index in [1.165, 1.54) is 6.08 Å². The second kappa shape index (κ2) is 8.70. The fraction of sp³-hybridized carbons (Fsp3) is 0.278. The number of anilines is 2. The minimum absolute atomic E-state index is 0.214. The number of nitrogens with one attached hydrogen (secondary N) is 1. The van der Waals surface area contributed by atoms with Crippen molar-refractivity contribution in [3.05, 3.63) is 43.1 Å². The number of alkyl halides is 3. The van der Waals surface area contributed by atoms with E-state index >= 15 is 0 Å². The fourth-order valence-electron chi connectivity index (χ4n) is 2.66. The smallest absolute Gasteiger partial charge is 0.475 e. The lowest BCUT2D eigenvalue weighted by atomic mass is 10.1. The first-order valence-electron chi connectivity index (χ1n) is 8.24. The lowest BCUT2D eigenvalue weighted by molar-refractivity contribution is -0.192. The average Bonchev–Trinajstić information content (AvgIpc) is 3.06. The second-order valence-electron chi connectivity index (χ2n) is 6.06. The Balaban J connectivity index is 0.000000345. The molecule has 1 aromatic carbocycles. The van der Waals surface area contributed by atoms with Crippen LogP contribution in [0.15, 0.2) is 43.1 Å². The number of carboxylic acid groups (broad SMARTS) is 1. The number of rotatable bonds is 3. The van der Waals surface area contributed by atoms with E-state index in [0.29, 0.717) is 0 Å². The van der Waals surface area contributed by atoms with E-state index < -0.39 is 12.1 Å². The molecule has 1 aliphatic rings. The number of nitrogens with zero attached hydrogens (tertiary/aromatic N) is 2. The summed E-state index contributed by atoms with van der Waals surface area (Å²) in [5, 5.41) is 12.0. The van der Waals surface area contributed by atoms with Gasteiger partial charge >= 0.3 is 12.1 Å². The Morgan fingerprint density at radius 3 is 2.57 bits per heavy atom. The number of benzene rings is 1. The lowest BCUT2D eigenvalue weighted by Crippen LogP contribution is -2.26. The van der Waals surface area contributed by atoms with Crippen LogP contribution in [0.3, 0.4) is 0 Å². The minimum Gasteiger partial charge on any atom is -0.475 e. The average molecular weight is 396 g/mol. The van der Waals surface area contributed by atoms with Crippen molar-refractivity contribution in [2.24, 2.45) is 5.73 Å². The topological polar surface area (TPSA) is 109 Å². The van der Waals surface area contributed by atoms with Gasteiger partial charge in [-0.15, -0.1) is 0 Å². The largest absolute Gasteiger partial charge is 0.490 e. The summed E-state index contributed by atoms with van der Waals surface area (Å²) in [6.45, 7) is 5.22. The van der Waals surface area contributed by atoms with Crippen molar-refractivity contribution in [2.45, 2.75) is 18.6 Å². The van der Waals surface area contributed by atoms with Crippen LogP contribution in [0.25, 0.3) is 10.8 Å². The molecule has 4 N–H and O–H groups in total. The Hall–Kier alpha value is -3.14. The molecular weight excluding hydrogens is 377 g/mol. The molecule has 10 heteroatoms. The van der Waals surface area contributed by atoms with Crippen LogP contribution < -0.4 is 16.0 Å². The highest BCUT2D eigenvalue weighted by atomic mass is 19.4. The number of carboxylic acids is 1. The molecule has 3 rings (SSSR count). The number of hydrogen-bond donors (Lipinski definition) is 3. The van der Waals surface area contributed by atoms with Crippen molar-refractivity contribution >= 4 is 34.2 Å². The molecule has 1 aromatic heterocycles. The fourth-order valence-corrected chi connectivity index (χ4v) is 2.66. The van der Waals surface area contributed by atoms with Gasteiger partial charge < -0.3 is 21.1 Å². The van der Waals surface area contributed by atoms with Gasteiger partial charge in [-0.3, -0.25) is 4.79 Å². The van der Waals surface area contributed by atoms with E-state index in [9.17, 15) is 18.0 Å². The number of carbonyl (C=O) groups is 2. The van der Waals surface area contributed by atoms with Crippen LogP contribution in [-0.4, -0.2) is 47.3 Å². The number of hydrogen-bond acceptors (Lipinski definition) is 5. The van der Waals surface area contributed by atoms with Crippen LogP contribution in [0.5, 0.6) is 0 Å². The molecule has 28 heavy (non-hydrogen) atoms. The van der Waals surface area contributed by atoms with Crippen molar-refractivity contribution in [3.63, 3.8) is 0 Å². The maximum Gasteiger partial charge on any atom is 0.490 e. The highest BCUT2D eigenvalue weighted by Gasteiger charge is 2.38. The highest BCUT2D eigenvalue weighted by Crippen LogP contribution is 2.28. The Morgan fingerprint density at radius 2 is 2.04 bits per heavy atom. The summed E-state index contributed by atoms with van der Waals surface area (Å²) in [5.74, 6) is -2.01. The van der Waals surface area contributed by atoms with Crippen LogP contribution in [0.1, 0.15) is 6.42 Å². The normalized spacial score (nSPS) is 16.3. The quantitative estimate of drug-likeness (QED) is 0.688. The summed E-state index contributed by atoms with van der Waals surface area (Å²) in [5.41, 5.74) is 6.73. The molecule has 1 amide bonds. The predicted octanol–water partition coefficient (Wildman–Crippen LogP) is 2.53. The number of aromatic nitrogens is 1. The molecular formula is C18H19F3N4O3. The van der Waals surface area contributed by atoms with Crippen molar-refractivity contribution in [3.8, 4) is 0 Å². The van der Waals surface area contributed by atoms with Gasteiger partial charge in [-0.1, -0.05) is 6.58 Å². The van der Waals surface area contributed by atoms with Gasteiger partial charge in [0.1, 0.15) is 5.82 Å². The summed E-state index contributed by atoms with van der Waals surface area (Å²) in [6.07, 6.45) is -1.04. The Morgan fingerprint density at radius 1 is 1.36 bits per heavy atom. The van der Waals surface area contributed by atoms with Gasteiger partial charge in [0.25, 0.3) is 0 Å². The number of aliphatic carboxylic acids is 1. The van der Waals surface area contributed by atoms with Gasteiger partial charge in [0, 0.05) is 36.4 Å². The molecule has 0 unspecified atom stereocenters. The van der Waals surface area contributed by atoms with E-state index in [0.717, 1.165) is 41.8 Å². The first-order chi connectivity index (χ1) is 13.1. The highest BCUT2D eigenvalue weighted by molar-refractivity contribution is 6.01. The van der Waals surface area contributed by atoms with Crippen LogP contribution >= 0.6 is 0 Å². The molecule has 1 saturated heterocycles. The predicted molar refractivity (Wildman–Crippen MR) is 99.1 cm³/mol. The first kappa shape index (κ1) is 21.2. The summed E-state index contributed by atoms with van der Waals surface area (Å²) in [7, 11) is 0. The summed E-state index contributed by atoms with van der Waals surface area (Å²) in [6, 6.07) is 7.97. The van der Waals surface area contributed by atoms with Gasteiger partial charge in [0.15, 0.2) is 0 Å². The van der Waals surface area contributed by atoms with Gasteiger partial charge in [-0.2, -0.15) is 13.2 Å². The number of carbonyl (C=O) groups excluding carboxylic acids is 1. The lowest BCUT2D eigenvalue weighted by Gasteiger charge is -2.19. The number of halogens is 3. The van der Waals surface area contributed by atoms with Crippen LogP contribution in [0.2, 0.25) is 0 Å². The van der Waals surface area contributed by atoms with Crippen molar-refractivity contribution in [2.75, 3.05) is 23.3 Å². The van der Waals surface area contributed by atoms with Crippen molar-refractivity contribution in [1.29, 1.82) is 0 Å². The third-order valence-electron chi connectivity index (χ3n) is 3.96. The van der Waals surface area contributed by atoms with E-state index in [4.69, 9.17) is 15.6 Å². The number of nitrogens with two attached hydrogens (primary N) is 1. The van der Waals surface area contributed by atoms with Gasteiger partial charge in [-0.05, 0) is 42.1 Å². The number of pyridine rings is 1. The van der Waals surface area contributed by atoms with E-state index in [2.05, 4.69) is 21.8 Å². The maximum atomic E-state index is 11.4. The molecule has 1 fully saturated rings. The standard InChI is InChI=1S/C16H18N4O.C2HF3O2/c1-2-15(21)19-13-3-4-14-11(9-13)5-7-18-16(14)20-8-6-12(17)10-20;3-2(4,5)1(6)7/h2-5,7,9,12H,1,6,8,10,17H2,(H,19,21);(H,6,7)/t12-;/m1./s1. The molecule has 0 bridgehead atoms. The molecule has 2 aromatic rings. The monoisotopic (exact) mass is 396 g/mol. The maximum absolute atomic E-state index is 11.4. The Kier molecular flexibility index (Phi) is 6.57. The first-order valence-corrected chi connectivity index (χ1v) is 8.24. The molecule has 0 saturated carbocycles. The second-order valence-corrected chi connectivity index (χ2v) is 6.06. The minimum atomic E-state index is -5.08. The molecule has 150 valence electrons.